The number of hydrogen-bond acceptors (Lipinski definition) is 4. The molecule has 0 bridgehead atoms. The Hall–Kier alpha value is -1.00. The van der Waals surface area contributed by atoms with Crippen LogP contribution < -0.4 is 0 Å². The van der Waals surface area contributed by atoms with Gasteiger partial charge in [0.05, 0.1) is 19.4 Å². The van der Waals surface area contributed by atoms with Gasteiger partial charge in [0.1, 0.15) is 11.0 Å². The maximum absolute atomic E-state index is 4.78. The zero-order valence-electron chi connectivity index (χ0n) is 11.0. The van der Waals surface area contributed by atoms with Crippen molar-refractivity contribution >= 4 is 43.1 Å². The highest BCUT2D eigenvalue weighted by molar-refractivity contribution is 7.20. The molecule has 3 aromatic rings. The van der Waals surface area contributed by atoms with Gasteiger partial charge in [-0.05, 0) is 12.1 Å². The standard InChI is InChI=1S/C14H16N2S2/c1-7(2)13-15-11-9(17-13)5-6-10-12(11)16-14(18-10)8(3)4/h5-8H,1-4H3. The molecule has 2 nitrogen and oxygen atoms in total. The molecule has 2 aromatic heterocycles. The Balaban J connectivity index is 2.30. The number of aromatic nitrogens is 2. The van der Waals surface area contributed by atoms with Gasteiger partial charge in [0, 0.05) is 11.8 Å². The summed E-state index contributed by atoms with van der Waals surface area (Å²) in [5, 5.41) is 2.41. The van der Waals surface area contributed by atoms with E-state index in [1.807, 2.05) is 0 Å². The van der Waals surface area contributed by atoms with Crippen molar-refractivity contribution in [3.63, 3.8) is 0 Å². The summed E-state index contributed by atoms with van der Waals surface area (Å²) in [4.78, 5) is 9.55. The first-order chi connectivity index (χ1) is 8.56. The van der Waals surface area contributed by atoms with Crippen LogP contribution in [0, 0.1) is 0 Å². The number of fused-ring (bicyclic) bond motifs is 3. The third-order valence-electron chi connectivity index (χ3n) is 2.94. The first-order valence-corrected chi connectivity index (χ1v) is 7.89. The van der Waals surface area contributed by atoms with E-state index in [0.29, 0.717) is 11.8 Å². The second-order valence-corrected chi connectivity index (χ2v) is 7.30. The summed E-state index contributed by atoms with van der Waals surface area (Å²) >= 11 is 3.58. The van der Waals surface area contributed by atoms with E-state index >= 15 is 0 Å². The van der Waals surface area contributed by atoms with E-state index in [1.54, 1.807) is 22.7 Å². The fourth-order valence-electron chi connectivity index (χ4n) is 1.91. The van der Waals surface area contributed by atoms with Crippen LogP contribution >= 0.6 is 22.7 Å². The van der Waals surface area contributed by atoms with Gasteiger partial charge in [-0.2, -0.15) is 0 Å². The number of rotatable bonds is 2. The lowest BCUT2D eigenvalue weighted by Crippen LogP contribution is -1.85. The van der Waals surface area contributed by atoms with E-state index in [1.165, 1.54) is 19.4 Å². The number of thiazole rings is 2. The molecule has 0 fully saturated rings. The lowest BCUT2D eigenvalue weighted by atomic mass is 10.2. The zero-order chi connectivity index (χ0) is 12.9. The first kappa shape index (κ1) is 12.1. The number of nitrogens with zero attached hydrogens (tertiary/aromatic N) is 2. The van der Waals surface area contributed by atoms with Crippen molar-refractivity contribution in [2.75, 3.05) is 0 Å². The van der Waals surface area contributed by atoms with Gasteiger partial charge < -0.3 is 0 Å². The van der Waals surface area contributed by atoms with Crippen LogP contribution in [-0.2, 0) is 0 Å². The number of hydrogen-bond donors (Lipinski definition) is 0. The molecule has 0 N–H and O–H groups in total. The Morgan fingerprint density at radius 3 is 1.50 bits per heavy atom. The molecule has 0 radical (unpaired) electrons. The van der Waals surface area contributed by atoms with E-state index in [9.17, 15) is 0 Å². The second kappa shape index (κ2) is 4.28. The lowest BCUT2D eigenvalue weighted by Gasteiger charge is -1.95. The van der Waals surface area contributed by atoms with Gasteiger partial charge in [-0.25, -0.2) is 9.97 Å². The van der Waals surface area contributed by atoms with E-state index in [-0.39, 0.29) is 0 Å². The molecule has 0 spiro atoms. The molecule has 0 atom stereocenters. The summed E-state index contributed by atoms with van der Waals surface area (Å²) in [6, 6.07) is 4.37. The molecule has 0 saturated heterocycles. The van der Waals surface area contributed by atoms with E-state index in [0.717, 1.165) is 11.0 Å². The van der Waals surface area contributed by atoms with Gasteiger partial charge in [0.15, 0.2) is 0 Å². The highest BCUT2D eigenvalue weighted by Gasteiger charge is 2.14. The molecule has 0 unspecified atom stereocenters. The average Bonchev–Trinajstić information content (AvgIpc) is 2.91. The SMILES string of the molecule is CC(C)c1nc2c(ccc3sc(C(C)C)nc32)s1. The molecule has 0 saturated carbocycles. The second-order valence-electron chi connectivity index (χ2n) is 5.17. The molecule has 0 aliphatic heterocycles. The minimum atomic E-state index is 0.487. The van der Waals surface area contributed by atoms with Gasteiger partial charge >= 0.3 is 0 Å². The molecule has 4 heteroatoms. The third kappa shape index (κ3) is 1.84. The molecule has 0 aliphatic carbocycles. The first-order valence-electron chi connectivity index (χ1n) is 6.26. The molecule has 0 amide bonds. The summed E-state index contributed by atoms with van der Waals surface area (Å²) in [5.41, 5.74) is 2.17. The zero-order valence-corrected chi connectivity index (χ0v) is 12.7. The van der Waals surface area contributed by atoms with Crippen LogP contribution in [0.1, 0.15) is 49.5 Å². The van der Waals surface area contributed by atoms with E-state index in [4.69, 9.17) is 9.97 Å². The van der Waals surface area contributed by atoms with Crippen molar-refractivity contribution in [1.82, 2.24) is 9.97 Å². The quantitative estimate of drug-likeness (QED) is 0.646. The molecular weight excluding hydrogens is 260 g/mol. The Kier molecular flexibility index (Phi) is 2.87. The summed E-state index contributed by atoms with van der Waals surface area (Å²) in [5.74, 6) is 0.973. The fraction of sp³-hybridized carbons (Fsp3) is 0.429. The van der Waals surface area contributed by atoms with Crippen molar-refractivity contribution in [2.24, 2.45) is 0 Å². The molecule has 94 valence electrons. The maximum atomic E-state index is 4.78. The van der Waals surface area contributed by atoms with Gasteiger partial charge in [-0.3, -0.25) is 0 Å². The summed E-state index contributed by atoms with van der Waals surface area (Å²) in [6.07, 6.45) is 0. The van der Waals surface area contributed by atoms with Crippen LogP contribution in [0.5, 0.6) is 0 Å². The Morgan fingerprint density at radius 2 is 1.17 bits per heavy atom. The molecule has 1 aromatic carbocycles. The van der Waals surface area contributed by atoms with Gasteiger partial charge in [-0.1, -0.05) is 27.7 Å². The summed E-state index contributed by atoms with van der Waals surface area (Å²) in [7, 11) is 0. The van der Waals surface area contributed by atoms with Gasteiger partial charge in [0.25, 0.3) is 0 Å². The predicted octanol–water partition coefficient (Wildman–Crippen LogP) is 5.15. The smallest absolute Gasteiger partial charge is 0.109 e. The van der Waals surface area contributed by atoms with Gasteiger partial charge in [-0.15, -0.1) is 22.7 Å². The highest BCUT2D eigenvalue weighted by atomic mass is 32.1. The van der Waals surface area contributed by atoms with Crippen molar-refractivity contribution < 1.29 is 0 Å². The average molecular weight is 276 g/mol. The van der Waals surface area contributed by atoms with Crippen molar-refractivity contribution in [3.8, 4) is 0 Å². The van der Waals surface area contributed by atoms with Crippen LogP contribution in [0.15, 0.2) is 12.1 Å². The van der Waals surface area contributed by atoms with Crippen LogP contribution in [0.4, 0.5) is 0 Å². The van der Waals surface area contributed by atoms with Gasteiger partial charge in [0.2, 0.25) is 0 Å². The largest absolute Gasteiger partial charge is 0.239 e. The van der Waals surface area contributed by atoms with Crippen molar-refractivity contribution in [1.29, 1.82) is 0 Å². The fourth-order valence-corrected chi connectivity index (χ4v) is 3.85. The predicted molar refractivity (Wildman–Crippen MR) is 81.0 cm³/mol. The Labute approximate surface area is 115 Å². The molecular formula is C14H16N2S2. The molecule has 2 heterocycles. The maximum Gasteiger partial charge on any atom is 0.109 e. The van der Waals surface area contributed by atoms with Crippen LogP contribution in [0.2, 0.25) is 0 Å². The number of benzene rings is 1. The third-order valence-corrected chi connectivity index (χ3v) is 5.58. The van der Waals surface area contributed by atoms with Crippen molar-refractivity contribution in [3.05, 3.63) is 22.1 Å². The summed E-state index contributed by atoms with van der Waals surface area (Å²) in [6.45, 7) is 8.76. The molecule has 3 rings (SSSR count). The van der Waals surface area contributed by atoms with Crippen LogP contribution in [0.25, 0.3) is 20.4 Å². The van der Waals surface area contributed by atoms with Crippen LogP contribution in [-0.4, -0.2) is 9.97 Å². The summed E-state index contributed by atoms with van der Waals surface area (Å²) < 4.78 is 2.51. The monoisotopic (exact) mass is 276 g/mol. The van der Waals surface area contributed by atoms with Crippen LogP contribution in [0.3, 0.4) is 0 Å². The Morgan fingerprint density at radius 1 is 0.778 bits per heavy atom. The normalized spacial score (nSPS) is 12.3. The van der Waals surface area contributed by atoms with E-state index in [2.05, 4.69) is 39.8 Å². The molecule has 0 aliphatic rings. The molecule has 18 heavy (non-hydrogen) atoms. The highest BCUT2D eigenvalue weighted by Crippen LogP contribution is 2.35. The minimum Gasteiger partial charge on any atom is -0.239 e. The van der Waals surface area contributed by atoms with Crippen molar-refractivity contribution in [2.45, 2.75) is 39.5 Å². The Bertz CT molecular complexity index is 646. The minimum absolute atomic E-state index is 0.487. The topological polar surface area (TPSA) is 25.8 Å². The lowest BCUT2D eigenvalue weighted by molar-refractivity contribution is 0.854. The van der Waals surface area contributed by atoms with E-state index < -0.39 is 0 Å².